The van der Waals surface area contributed by atoms with Crippen molar-refractivity contribution in [1.82, 2.24) is 20.3 Å². The molecule has 9 nitrogen and oxygen atoms in total. The van der Waals surface area contributed by atoms with Crippen LogP contribution in [-0.4, -0.2) is 40.9 Å². The first kappa shape index (κ1) is 24.2. The molecule has 4 aromatic rings. The summed E-state index contributed by atoms with van der Waals surface area (Å²) in [6.07, 6.45) is 2.64. The molecule has 0 atom stereocenters. The number of nitrogens with two attached hydrogens (primary N) is 1. The second kappa shape index (κ2) is 10.1. The zero-order valence-electron chi connectivity index (χ0n) is 19.2. The van der Waals surface area contributed by atoms with Crippen LogP contribution in [0.25, 0.3) is 22.5 Å². The van der Waals surface area contributed by atoms with Gasteiger partial charge in [-0.2, -0.15) is 0 Å². The number of pyridine rings is 1. The molecule has 4 rings (SSSR count). The average Bonchev–Trinajstić information content (AvgIpc) is 2.90. The van der Waals surface area contributed by atoms with E-state index in [0.717, 1.165) is 6.07 Å². The number of carbonyl (C=O) groups is 2. The predicted octanol–water partition coefficient (Wildman–Crippen LogP) is 3.69. The standard InChI is InChI=1S/C25H20F2N6O3/c1-29-24(34)18-7-6-13(12-31-18)14-10-17(28)20(11-16(14)27)33-25(35)19-8-9-30-23(32-19)22-15(26)4-3-5-21(22)36-2/h3-12H,28H2,1-2H3,(H,29,34)(H,33,35). The molecule has 11 heteroatoms. The fourth-order valence-electron chi connectivity index (χ4n) is 3.42. The molecule has 0 aliphatic rings. The highest BCUT2D eigenvalue weighted by atomic mass is 19.1. The number of methoxy groups -OCH3 is 1. The molecule has 0 radical (unpaired) electrons. The van der Waals surface area contributed by atoms with Gasteiger partial charge in [0.25, 0.3) is 11.8 Å². The van der Waals surface area contributed by atoms with Crippen molar-refractivity contribution in [1.29, 1.82) is 0 Å². The van der Waals surface area contributed by atoms with E-state index in [1.807, 2.05) is 0 Å². The van der Waals surface area contributed by atoms with E-state index in [2.05, 4.69) is 25.6 Å². The van der Waals surface area contributed by atoms with Crippen LogP contribution >= 0.6 is 0 Å². The minimum Gasteiger partial charge on any atom is -0.496 e. The monoisotopic (exact) mass is 490 g/mol. The molecular formula is C25H20F2N6O3. The lowest BCUT2D eigenvalue weighted by Gasteiger charge is -2.12. The highest BCUT2D eigenvalue weighted by Crippen LogP contribution is 2.32. The van der Waals surface area contributed by atoms with Gasteiger partial charge >= 0.3 is 0 Å². The van der Waals surface area contributed by atoms with Gasteiger partial charge in [-0.05, 0) is 30.3 Å². The SMILES string of the molecule is CNC(=O)c1ccc(-c2cc(N)c(NC(=O)c3ccnc(-c4c(F)cccc4OC)n3)cc2F)cn1. The molecule has 2 heterocycles. The Morgan fingerprint density at radius 2 is 1.78 bits per heavy atom. The van der Waals surface area contributed by atoms with E-state index in [1.54, 1.807) is 6.07 Å². The third kappa shape index (κ3) is 4.80. The number of hydrogen-bond acceptors (Lipinski definition) is 7. The van der Waals surface area contributed by atoms with Crippen LogP contribution in [0.3, 0.4) is 0 Å². The topological polar surface area (TPSA) is 132 Å². The molecule has 0 saturated carbocycles. The molecule has 2 aromatic heterocycles. The number of carbonyl (C=O) groups excluding carboxylic acids is 2. The number of rotatable bonds is 6. The van der Waals surface area contributed by atoms with Gasteiger partial charge in [0.15, 0.2) is 5.82 Å². The van der Waals surface area contributed by atoms with Crippen LogP contribution in [0, 0.1) is 11.6 Å². The Morgan fingerprint density at radius 3 is 2.47 bits per heavy atom. The van der Waals surface area contributed by atoms with Crippen LogP contribution in [0.15, 0.2) is 60.9 Å². The third-order valence-electron chi connectivity index (χ3n) is 5.23. The average molecular weight is 490 g/mol. The molecule has 4 N–H and O–H groups in total. The third-order valence-corrected chi connectivity index (χ3v) is 5.23. The van der Waals surface area contributed by atoms with Gasteiger partial charge in [0.05, 0.1) is 24.0 Å². The number of nitrogens with zero attached hydrogens (tertiary/aromatic N) is 3. The first-order chi connectivity index (χ1) is 17.3. The minimum absolute atomic E-state index is 0.000562. The molecule has 0 unspecified atom stereocenters. The van der Waals surface area contributed by atoms with Crippen LogP contribution in [0.5, 0.6) is 5.75 Å². The summed E-state index contributed by atoms with van der Waals surface area (Å²) in [4.78, 5) is 36.7. The Morgan fingerprint density at radius 1 is 0.972 bits per heavy atom. The maximum Gasteiger partial charge on any atom is 0.274 e. The van der Waals surface area contributed by atoms with Gasteiger partial charge in [-0.15, -0.1) is 0 Å². The van der Waals surface area contributed by atoms with Crippen molar-refractivity contribution in [3.05, 3.63) is 83.9 Å². The molecule has 2 aromatic carbocycles. The smallest absolute Gasteiger partial charge is 0.274 e. The minimum atomic E-state index is -0.704. The largest absolute Gasteiger partial charge is 0.496 e. The maximum atomic E-state index is 14.9. The summed E-state index contributed by atoms with van der Waals surface area (Å²) in [5.41, 5.74) is 6.78. The highest BCUT2D eigenvalue weighted by Gasteiger charge is 2.18. The number of nitrogen functional groups attached to an aromatic ring is 1. The van der Waals surface area contributed by atoms with Gasteiger partial charge in [0, 0.05) is 36.6 Å². The molecule has 0 fully saturated rings. The lowest BCUT2D eigenvalue weighted by molar-refractivity contribution is 0.0957. The van der Waals surface area contributed by atoms with E-state index < -0.39 is 17.5 Å². The molecule has 2 amide bonds. The summed E-state index contributed by atoms with van der Waals surface area (Å²) >= 11 is 0. The number of ether oxygens (including phenoxy) is 1. The summed E-state index contributed by atoms with van der Waals surface area (Å²) in [6.45, 7) is 0. The Labute approximate surface area is 204 Å². The first-order valence-corrected chi connectivity index (χ1v) is 10.6. The van der Waals surface area contributed by atoms with E-state index in [9.17, 15) is 18.4 Å². The number of halogens is 2. The normalized spacial score (nSPS) is 10.6. The van der Waals surface area contributed by atoms with Gasteiger partial charge in [-0.1, -0.05) is 12.1 Å². The van der Waals surface area contributed by atoms with E-state index >= 15 is 0 Å². The van der Waals surface area contributed by atoms with Crippen molar-refractivity contribution < 1.29 is 23.1 Å². The van der Waals surface area contributed by atoms with Gasteiger partial charge in [0.1, 0.15) is 28.8 Å². The van der Waals surface area contributed by atoms with E-state index in [4.69, 9.17) is 10.5 Å². The maximum absolute atomic E-state index is 14.9. The molecule has 0 bridgehead atoms. The van der Waals surface area contributed by atoms with Crippen molar-refractivity contribution in [2.45, 2.75) is 0 Å². The van der Waals surface area contributed by atoms with Crippen molar-refractivity contribution >= 4 is 23.2 Å². The van der Waals surface area contributed by atoms with Crippen LogP contribution in [-0.2, 0) is 0 Å². The molecule has 0 aliphatic heterocycles. The summed E-state index contributed by atoms with van der Waals surface area (Å²) in [6, 6.07) is 11.0. The van der Waals surface area contributed by atoms with Crippen molar-refractivity contribution in [2.24, 2.45) is 0 Å². The van der Waals surface area contributed by atoms with Crippen LogP contribution in [0.1, 0.15) is 21.0 Å². The zero-order chi connectivity index (χ0) is 25.8. The number of nitrogens with one attached hydrogen (secondary N) is 2. The lowest BCUT2D eigenvalue weighted by atomic mass is 10.0. The number of amides is 2. The predicted molar refractivity (Wildman–Crippen MR) is 129 cm³/mol. The summed E-state index contributed by atoms with van der Waals surface area (Å²) < 4.78 is 34.5. The van der Waals surface area contributed by atoms with E-state index in [1.165, 1.54) is 62.9 Å². The van der Waals surface area contributed by atoms with Crippen molar-refractivity contribution in [2.75, 3.05) is 25.2 Å². The van der Waals surface area contributed by atoms with Gasteiger partial charge < -0.3 is 21.1 Å². The van der Waals surface area contributed by atoms with Crippen LogP contribution in [0.4, 0.5) is 20.2 Å². The number of hydrogen-bond donors (Lipinski definition) is 3. The second-order valence-electron chi connectivity index (χ2n) is 7.47. The van der Waals surface area contributed by atoms with Gasteiger partial charge in [-0.25, -0.2) is 18.7 Å². The Hall–Kier alpha value is -4.93. The number of anilines is 2. The second-order valence-corrected chi connectivity index (χ2v) is 7.47. The van der Waals surface area contributed by atoms with Crippen molar-refractivity contribution in [3.8, 4) is 28.3 Å². The zero-order valence-corrected chi connectivity index (χ0v) is 19.2. The van der Waals surface area contributed by atoms with Crippen molar-refractivity contribution in [3.63, 3.8) is 0 Å². The number of aromatic nitrogens is 3. The molecular weight excluding hydrogens is 470 g/mol. The summed E-state index contributed by atoms with van der Waals surface area (Å²) in [5, 5.41) is 4.96. The highest BCUT2D eigenvalue weighted by molar-refractivity contribution is 6.05. The van der Waals surface area contributed by atoms with Gasteiger partial charge in [-0.3, -0.25) is 14.6 Å². The van der Waals surface area contributed by atoms with E-state index in [-0.39, 0.29) is 51.4 Å². The Kier molecular flexibility index (Phi) is 6.81. The summed E-state index contributed by atoms with van der Waals surface area (Å²) in [5.74, 6) is -2.22. The molecule has 0 spiro atoms. The van der Waals surface area contributed by atoms with Gasteiger partial charge in [0.2, 0.25) is 0 Å². The van der Waals surface area contributed by atoms with Crippen LogP contribution < -0.4 is 21.1 Å². The molecule has 182 valence electrons. The molecule has 0 saturated heterocycles. The Balaban J connectivity index is 1.60. The quantitative estimate of drug-likeness (QED) is 0.351. The molecule has 36 heavy (non-hydrogen) atoms. The van der Waals surface area contributed by atoms with Crippen LogP contribution in [0.2, 0.25) is 0 Å². The first-order valence-electron chi connectivity index (χ1n) is 10.6. The number of benzene rings is 2. The Bertz CT molecular complexity index is 1460. The fourth-order valence-corrected chi connectivity index (χ4v) is 3.42. The fraction of sp³-hybridized carbons (Fsp3) is 0.0800. The van der Waals surface area contributed by atoms with E-state index in [0.29, 0.717) is 5.56 Å². The lowest BCUT2D eigenvalue weighted by Crippen LogP contribution is -2.18. The molecule has 0 aliphatic carbocycles. The summed E-state index contributed by atoms with van der Waals surface area (Å²) in [7, 11) is 2.85.